The lowest BCUT2D eigenvalue weighted by Crippen LogP contribution is -2.44. The van der Waals surface area contributed by atoms with Crippen LogP contribution >= 0.6 is 0 Å². The highest BCUT2D eigenvalue weighted by Crippen LogP contribution is 2.45. The number of aliphatic hydroxyl groups is 1. The molecule has 2 unspecified atom stereocenters. The molecule has 164 valence electrons. The summed E-state index contributed by atoms with van der Waals surface area (Å²) >= 11 is 0. The fraction of sp³-hybridized carbons (Fsp3) is 0.857. The van der Waals surface area contributed by atoms with Gasteiger partial charge in [-0.3, -0.25) is 14.4 Å². The van der Waals surface area contributed by atoms with Crippen molar-refractivity contribution >= 4 is 17.9 Å². The van der Waals surface area contributed by atoms with Crippen LogP contribution in [0.1, 0.15) is 73.6 Å². The monoisotopic (exact) mass is 402 g/mol. The molecule has 0 aliphatic rings. The lowest BCUT2D eigenvalue weighted by molar-refractivity contribution is -0.168. The summed E-state index contributed by atoms with van der Waals surface area (Å²) in [5.74, 6) is -1.35. The van der Waals surface area contributed by atoms with Crippen molar-refractivity contribution in [1.82, 2.24) is 0 Å². The molecule has 0 heterocycles. The van der Waals surface area contributed by atoms with Crippen molar-refractivity contribution in [2.45, 2.75) is 73.6 Å². The third kappa shape index (κ3) is 7.41. The van der Waals surface area contributed by atoms with E-state index in [0.29, 0.717) is 13.0 Å². The molecule has 0 aromatic heterocycles. The second kappa shape index (κ2) is 11.4. The van der Waals surface area contributed by atoms with Crippen LogP contribution in [0.3, 0.4) is 0 Å². The van der Waals surface area contributed by atoms with Gasteiger partial charge >= 0.3 is 17.9 Å². The molecule has 2 atom stereocenters. The largest absolute Gasteiger partial charge is 0.469 e. The van der Waals surface area contributed by atoms with E-state index >= 15 is 0 Å². The van der Waals surface area contributed by atoms with Gasteiger partial charge in [-0.15, -0.1) is 0 Å². The molecule has 0 aromatic carbocycles. The zero-order valence-electron chi connectivity index (χ0n) is 18.6. The van der Waals surface area contributed by atoms with Gasteiger partial charge in [0.25, 0.3) is 0 Å². The Kier molecular flexibility index (Phi) is 10.7. The van der Waals surface area contributed by atoms with Crippen LogP contribution in [0.25, 0.3) is 0 Å². The number of ether oxygens (including phenoxy) is 3. The molecule has 28 heavy (non-hydrogen) atoms. The fourth-order valence-electron chi connectivity index (χ4n) is 3.52. The summed E-state index contributed by atoms with van der Waals surface area (Å²) in [5, 5.41) is 8.89. The average Bonchev–Trinajstić information content (AvgIpc) is 2.64. The third-order valence-electron chi connectivity index (χ3n) is 5.17. The predicted octanol–water partition coefficient (Wildman–Crippen LogP) is 3.27. The van der Waals surface area contributed by atoms with E-state index in [0.717, 1.165) is 12.8 Å². The predicted molar refractivity (Wildman–Crippen MR) is 105 cm³/mol. The van der Waals surface area contributed by atoms with Crippen LogP contribution in [-0.4, -0.2) is 49.9 Å². The third-order valence-corrected chi connectivity index (χ3v) is 5.17. The van der Waals surface area contributed by atoms with Gasteiger partial charge in [0.15, 0.2) is 0 Å². The quantitative estimate of drug-likeness (QED) is 0.287. The van der Waals surface area contributed by atoms with E-state index in [-0.39, 0.29) is 26.1 Å². The fourth-order valence-corrected chi connectivity index (χ4v) is 3.52. The Morgan fingerprint density at radius 3 is 1.86 bits per heavy atom. The Morgan fingerprint density at radius 2 is 1.39 bits per heavy atom. The molecule has 0 amide bonds. The molecule has 0 spiro atoms. The summed E-state index contributed by atoms with van der Waals surface area (Å²) in [6.45, 7) is 10.6. The number of hydrogen-bond donors (Lipinski definition) is 1. The lowest BCUT2D eigenvalue weighted by Gasteiger charge is -2.39. The van der Waals surface area contributed by atoms with Crippen LogP contribution in [0.15, 0.2) is 0 Å². The van der Waals surface area contributed by atoms with Crippen LogP contribution in [0, 0.1) is 16.2 Å². The summed E-state index contributed by atoms with van der Waals surface area (Å²) in [5.41, 5.74) is -2.98. The first-order valence-corrected chi connectivity index (χ1v) is 9.96. The standard InChI is InChI=1S/C21H38O7/c1-8-10-12-27-18(25)21(6,15-20(5,9-2)17(24)26-7)14-19(3,4)16(23)28-13-11-22/h22H,8-15H2,1-7H3. The van der Waals surface area contributed by atoms with Gasteiger partial charge < -0.3 is 19.3 Å². The molecule has 7 heteroatoms. The first-order valence-electron chi connectivity index (χ1n) is 9.96. The van der Waals surface area contributed by atoms with Crippen molar-refractivity contribution in [3.05, 3.63) is 0 Å². The van der Waals surface area contributed by atoms with E-state index in [1.807, 2.05) is 13.8 Å². The number of aliphatic hydroxyl groups excluding tert-OH is 1. The highest BCUT2D eigenvalue weighted by molar-refractivity contribution is 5.82. The van der Waals surface area contributed by atoms with Gasteiger partial charge in [-0.25, -0.2) is 0 Å². The molecular formula is C21H38O7. The van der Waals surface area contributed by atoms with E-state index in [9.17, 15) is 14.4 Å². The number of unbranched alkanes of at least 4 members (excludes halogenated alkanes) is 1. The van der Waals surface area contributed by atoms with Crippen molar-refractivity contribution in [1.29, 1.82) is 0 Å². The number of carbonyl (C=O) groups is 3. The van der Waals surface area contributed by atoms with E-state index in [1.165, 1.54) is 7.11 Å². The Labute approximate surface area is 169 Å². The number of carbonyl (C=O) groups excluding carboxylic acids is 3. The van der Waals surface area contributed by atoms with Crippen molar-refractivity contribution in [2.24, 2.45) is 16.2 Å². The maximum absolute atomic E-state index is 13.0. The second-order valence-corrected chi connectivity index (χ2v) is 8.55. The second-order valence-electron chi connectivity index (χ2n) is 8.55. The Bertz CT molecular complexity index is 529. The highest BCUT2D eigenvalue weighted by Gasteiger charge is 2.49. The van der Waals surface area contributed by atoms with Gasteiger partial charge in [-0.2, -0.15) is 0 Å². The zero-order valence-corrected chi connectivity index (χ0v) is 18.6. The van der Waals surface area contributed by atoms with Crippen molar-refractivity contribution in [2.75, 3.05) is 26.9 Å². The van der Waals surface area contributed by atoms with Gasteiger partial charge in [-0.05, 0) is 53.4 Å². The van der Waals surface area contributed by atoms with Crippen LogP contribution in [0.4, 0.5) is 0 Å². The summed E-state index contributed by atoms with van der Waals surface area (Å²) in [7, 11) is 1.32. The Balaban J connectivity index is 5.75. The molecule has 0 rings (SSSR count). The topological polar surface area (TPSA) is 99.1 Å². The van der Waals surface area contributed by atoms with Gasteiger partial charge in [-0.1, -0.05) is 20.3 Å². The summed E-state index contributed by atoms with van der Waals surface area (Å²) in [4.78, 5) is 37.8. The van der Waals surface area contributed by atoms with Crippen LogP contribution < -0.4 is 0 Å². The van der Waals surface area contributed by atoms with Crippen molar-refractivity contribution < 1.29 is 33.7 Å². The van der Waals surface area contributed by atoms with Crippen molar-refractivity contribution in [3.63, 3.8) is 0 Å². The number of hydrogen-bond acceptors (Lipinski definition) is 7. The molecule has 0 saturated heterocycles. The minimum atomic E-state index is -1.09. The Hall–Kier alpha value is -1.63. The van der Waals surface area contributed by atoms with Gasteiger partial charge in [0.2, 0.25) is 0 Å². The van der Waals surface area contributed by atoms with Crippen molar-refractivity contribution in [3.8, 4) is 0 Å². The summed E-state index contributed by atoms with van der Waals surface area (Å²) < 4.78 is 15.5. The zero-order chi connectivity index (χ0) is 22.0. The molecule has 0 aliphatic heterocycles. The molecule has 0 fully saturated rings. The van der Waals surface area contributed by atoms with Gasteiger partial charge in [0, 0.05) is 0 Å². The first-order chi connectivity index (χ1) is 12.9. The maximum atomic E-state index is 13.0. The number of esters is 3. The summed E-state index contributed by atoms with van der Waals surface area (Å²) in [6, 6.07) is 0. The van der Waals surface area contributed by atoms with Crippen LogP contribution in [0.2, 0.25) is 0 Å². The SMILES string of the molecule is CCCCOC(=O)C(C)(CC(C)(C)C(=O)OCCO)CC(C)(CC)C(=O)OC. The number of methoxy groups -OCH3 is 1. The summed E-state index contributed by atoms with van der Waals surface area (Å²) in [6.07, 6.45) is 2.43. The minimum Gasteiger partial charge on any atom is -0.469 e. The normalized spacial score (nSPS) is 15.9. The first kappa shape index (κ1) is 26.4. The maximum Gasteiger partial charge on any atom is 0.311 e. The molecule has 0 aliphatic carbocycles. The Morgan fingerprint density at radius 1 is 0.821 bits per heavy atom. The minimum absolute atomic E-state index is 0.102. The van der Waals surface area contributed by atoms with Gasteiger partial charge in [0.05, 0.1) is 36.6 Å². The molecule has 1 N–H and O–H groups in total. The molecule has 0 saturated carbocycles. The molecule has 0 bridgehead atoms. The van der Waals surface area contributed by atoms with E-state index in [4.69, 9.17) is 19.3 Å². The molecule has 7 nitrogen and oxygen atoms in total. The van der Waals surface area contributed by atoms with Gasteiger partial charge in [0.1, 0.15) is 6.61 Å². The molecule has 0 radical (unpaired) electrons. The molecule has 0 aromatic rings. The van der Waals surface area contributed by atoms with E-state index in [2.05, 4.69) is 0 Å². The van der Waals surface area contributed by atoms with Crippen LogP contribution in [-0.2, 0) is 28.6 Å². The van der Waals surface area contributed by atoms with E-state index in [1.54, 1.807) is 27.7 Å². The highest BCUT2D eigenvalue weighted by atomic mass is 16.5. The lowest BCUT2D eigenvalue weighted by atomic mass is 9.65. The van der Waals surface area contributed by atoms with E-state index < -0.39 is 34.2 Å². The number of rotatable bonds is 13. The van der Waals surface area contributed by atoms with Crippen LogP contribution in [0.5, 0.6) is 0 Å². The molecular weight excluding hydrogens is 364 g/mol. The smallest absolute Gasteiger partial charge is 0.311 e. The average molecular weight is 403 g/mol.